The molecule has 1 amide bonds. The molecule has 3 N–H and O–H groups in total. The highest BCUT2D eigenvalue weighted by Gasteiger charge is 2.31. The van der Waals surface area contributed by atoms with Gasteiger partial charge in [-0.25, -0.2) is 4.98 Å². The second kappa shape index (κ2) is 13.1. The van der Waals surface area contributed by atoms with Crippen LogP contribution in [0.25, 0.3) is 11.3 Å². The fourth-order valence-electron chi connectivity index (χ4n) is 4.32. The lowest BCUT2D eigenvalue weighted by Crippen LogP contribution is -2.40. The number of benzene rings is 3. The number of anilines is 1. The van der Waals surface area contributed by atoms with Crippen LogP contribution in [0, 0.1) is 19.8 Å². The van der Waals surface area contributed by atoms with Gasteiger partial charge >= 0.3 is 16.3 Å². The molecule has 0 aliphatic carbocycles. The van der Waals surface area contributed by atoms with E-state index in [0.717, 1.165) is 27.9 Å². The molecule has 0 bridgehead atoms. The number of rotatable bonds is 11. The third-order valence-electron chi connectivity index (χ3n) is 6.66. The van der Waals surface area contributed by atoms with Crippen LogP contribution in [0.3, 0.4) is 0 Å². The Morgan fingerprint density at radius 2 is 1.63 bits per heavy atom. The molecule has 3 aromatic carbocycles. The van der Waals surface area contributed by atoms with Gasteiger partial charge in [-0.3, -0.25) is 18.9 Å². The van der Waals surface area contributed by atoms with Crippen molar-refractivity contribution < 1.29 is 27.3 Å². The number of aromatic nitrogens is 1. The van der Waals surface area contributed by atoms with E-state index in [4.69, 9.17) is 14.3 Å². The number of carbonyl (C=O) groups is 2. The third kappa shape index (κ3) is 8.23. The predicted octanol–water partition coefficient (Wildman–Crippen LogP) is 5.07. The molecule has 1 heterocycles. The molecule has 11 heteroatoms. The van der Waals surface area contributed by atoms with Gasteiger partial charge in [0.2, 0.25) is 5.91 Å². The molecule has 41 heavy (non-hydrogen) atoms. The number of hydrogen-bond donors (Lipinski definition) is 3. The number of carbonyl (C=O) groups excluding carboxylic acids is 2. The molecular weight excluding hydrogens is 562 g/mol. The van der Waals surface area contributed by atoms with E-state index < -0.39 is 34.1 Å². The van der Waals surface area contributed by atoms with Crippen molar-refractivity contribution in [3.8, 4) is 11.3 Å². The second-order valence-corrected chi connectivity index (χ2v) is 11.7. The first-order valence-corrected chi connectivity index (χ1v) is 15.1. The van der Waals surface area contributed by atoms with Crippen LogP contribution in [0.15, 0.2) is 78.2 Å². The van der Waals surface area contributed by atoms with E-state index in [9.17, 15) is 18.0 Å². The van der Waals surface area contributed by atoms with E-state index in [2.05, 4.69) is 11.4 Å². The molecule has 0 unspecified atom stereocenters. The number of hydrogen-bond acceptors (Lipinski definition) is 7. The fourth-order valence-corrected chi connectivity index (χ4v) is 5.63. The second-order valence-electron chi connectivity index (χ2n) is 9.67. The van der Waals surface area contributed by atoms with Crippen molar-refractivity contribution >= 4 is 39.2 Å². The molecular formula is C30H31N3O6S2. The van der Waals surface area contributed by atoms with Gasteiger partial charge in [0, 0.05) is 10.9 Å². The van der Waals surface area contributed by atoms with Crippen molar-refractivity contribution in [2.75, 3.05) is 11.8 Å². The normalized spacial score (nSPS) is 12.8. The maximum absolute atomic E-state index is 13.6. The number of thiazole rings is 1. The summed E-state index contributed by atoms with van der Waals surface area (Å²) in [6.45, 7) is 4.08. The summed E-state index contributed by atoms with van der Waals surface area (Å²) in [5.41, 5.74) is 5.83. The zero-order valence-corrected chi connectivity index (χ0v) is 24.5. The van der Waals surface area contributed by atoms with Gasteiger partial charge in [0.05, 0.1) is 24.5 Å². The highest BCUT2D eigenvalue weighted by Crippen LogP contribution is 2.29. The molecule has 1 aromatic heterocycles. The molecule has 9 nitrogen and oxygen atoms in total. The van der Waals surface area contributed by atoms with Crippen LogP contribution in [-0.4, -0.2) is 36.9 Å². The lowest BCUT2D eigenvalue weighted by atomic mass is 9.97. The highest BCUT2D eigenvalue weighted by atomic mass is 32.2. The van der Waals surface area contributed by atoms with Crippen molar-refractivity contribution in [3.05, 3.63) is 105 Å². The van der Waals surface area contributed by atoms with Gasteiger partial charge in [-0.15, -0.1) is 11.3 Å². The van der Waals surface area contributed by atoms with E-state index in [1.54, 1.807) is 12.1 Å². The number of aryl methyl sites for hydroxylation is 2. The van der Waals surface area contributed by atoms with Gasteiger partial charge in [-0.1, -0.05) is 54.6 Å². The minimum atomic E-state index is -4.41. The van der Waals surface area contributed by atoms with E-state index in [0.29, 0.717) is 11.4 Å². The van der Waals surface area contributed by atoms with Crippen molar-refractivity contribution in [2.45, 2.75) is 32.7 Å². The summed E-state index contributed by atoms with van der Waals surface area (Å²) in [6, 6.07) is 21.2. The van der Waals surface area contributed by atoms with Gasteiger partial charge in [0.1, 0.15) is 10.9 Å². The molecule has 0 spiro atoms. The minimum Gasteiger partial charge on any atom is -0.468 e. The van der Waals surface area contributed by atoms with E-state index in [1.807, 2.05) is 66.4 Å². The Morgan fingerprint density at radius 3 is 2.27 bits per heavy atom. The topological polar surface area (TPSA) is 135 Å². The number of methoxy groups -OCH3 is 1. The standard InChI is InChI=1S/C30H31N3O6S2/c1-19-9-12-23(15-20(19)2)27-18-40-29(32-27)26(17-22-10-13-24(14-11-22)33-41(36,37)38)31-28(34)25(30(35)39-3)16-21-7-5-4-6-8-21/h4-15,18,25-26,33H,16-17H2,1-3H3,(H,31,34)(H,36,37,38)/t25-,26-/m0/s1. The Kier molecular flexibility index (Phi) is 9.53. The van der Waals surface area contributed by atoms with Crippen molar-refractivity contribution in [2.24, 2.45) is 5.92 Å². The highest BCUT2D eigenvalue weighted by molar-refractivity contribution is 7.87. The Bertz CT molecular complexity index is 1620. The summed E-state index contributed by atoms with van der Waals surface area (Å²) in [5.74, 6) is -2.19. The summed E-state index contributed by atoms with van der Waals surface area (Å²) in [6.07, 6.45) is 0.491. The summed E-state index contributed by atoms with van der Waals surface area (Å²) in [5, 5.41) is 5.59. The smallest absolute Gasteiger partial charge is 0.357 e. The average Bonchev–Trinajstić information content (AvgIpc) is 3.43. The Balaban J connectivity index is 1.63. The zero-order valence-electron chi connectivity index (χ0n) is 22.8. The Labute approximate surface area is 243 Å². The molecule has 0 aliphatic heterocycles. The molecule has 214 valence electrons. The van der Waals surface area contributed by atoms with E-state index in [1.165, 1.54) is 36.1 Å². The maximum atomic E-state index is 13.6. The SMILES string of the molecule is COC(=O)[C@@H](Cc1ccccc1)C(=O)N[C@@H](Cc1ccc(NS(=O)(=O)O)cc1)c1nc(-c2ccc(C)c(C)c2)cs1. The monoisotopic (exact) mass is 593 g/mol. The van der Waals surface area contributed by atoms with Crippen molar-refractivity contribution in [1.82, 2.24) is 10.3 Å². The van der Waals surface area contributed by atoms with E-state index in [-0.39, 0.29) is 12.1 Å². The predicted molar refractivity (Wildman–Crippen MR) is 159 cm³/mol. The molecule has 0 saturated heterocycles. The van der Waals surface area contributed by atoms with Crippen molar-refractivity contribution in [3.63, 3.8) is 0 Å². The molecule has 0 radical (unpaired) electrons. The van der Waals surface area contributed by atoms with Crippen LogP contribution in [0.4, 0.5) is 5.69 Å². The number of ether oxygens (including phenoxy) is 1. The number of amides is 1. The number of nitrogens with zero attached hydrogens (tertiary/aromatic N) is 1. The molecule has 0 fully saturated rings. The lowest BCUT2D eigenvalue weighted by Gasteiger charge is -2.21. The van der Waals surface area contributed by atoms with Crippen molar-refractivity contribution in [1.29, 1.82) is 0 Å². The van der Waals surface area contributed by atoms with Gasteiger partial charge in [-0.05, 0) is 67.1 Å². The quantitative estimate of drug-likeness (QED) is 0.126. The molecule has 2 atom stereocenters. The third-order valence-corrected chi connectivity index (χ3v) is 8.12. The van der Waals surface area contributed by atoms with Crippen LogP contribution in [0.2, 0.25) is 0 Å². The Hall–Kier alpha value is -4.06. The summed E-state index contributed by atoms with van der Waals surface area (Å²) in [4.78, 5) is 31.1. The first-order chi connectivity index (χ1) is 19.5. The molecule has 0 saturated carbocycles. The lowest BCUT2D eigenvalue weighted by molar-refractivity contribution is -0.150. The fraction of sp³-hybridized carbons (Fsp3) is 0.233. The van der Waals surface area contributed by atoms with E-state index >= 15 is 0 Å². The largest absolute Gasteiger partial charge is 0.468 e. The zero-order chi connectivity index (χ0) is 29.6. The van der Waals surface area contributed by atoms with Crippen LogP contribution >= 0.6 is 11.3 Å². The summed E-state index contributed by atoms with van der Waals surface area (Å²) >= 11 is 1.40. The first kappa shape index (κ1) is 29.9. The Morgan fingerprint density at radius 1 is 0.951 bits per heavy atom. The average molecular weight is 594 g/mol. The van der Waals surface area contributed by atoms with Gasteiger partial charge in [0.15, 0.2) is 0 Å². The van der Waals surface area contributed by atoms with Gasteiger partial charge < -0.3 is 10.1 Å². The van der Waals surface area contributed by atoms with Gasteiger partial charge in [0.25, 0.3) is 0 Å². The first-order valence-electron chi connectivity index (χ1n) is 12.8. The van der Waals surface area contributed by atoms with Crippen LogP contribution in [0.1, 0.15) is 33.3 Å². The van der Waals surface area contributed by atoms with Crippen LogP contribution in [-0.2, 0) is 37.5 Å². The molecule has 4 aromatic rings. The maximum Gasteiger partial charge on any atom is 0.357 e. The number of nitrogens with one attached hydrogen (secondary N) is 2. The summed E-state index contributed by atoms with van der Waals surface area (Å²) in [7, 11) is -3.15. The summed E-state index contributed by atoms with van der Waals surface area (Å²) < 4.78 is 38.3. The molecule has 4 rings (SSSR count). The number of esters is 1. The van der Waals surface area contributed by atoms with Crippen LogP contribution in [0.5, 0.6) is 0 Å². The molecule has 0 aliphatic rings. The minimum absolute atomic E-state index is 0.174. The van der Waals surface area contributed by atoms with Gasteiger partial charge in [-0.2, -0.15) is 8.42 Å². The van der Waals surface area contributed by atoms with Crippen LogP contribution < -0.4 is 10.0 Å².